The molecule has 0 amide bonds. The number of nitrogens with zero attached hydrogens (tertiary/aromatic N) is 3. The summed E-state index contributed by atoms with van der Waals surface area (Å²) in [4.78, 5) is 9.33. The first-order valence-electron chi connectivity index (χ1n) is 10.2. The van der Waals surface area contributed by atoms with Gasteiger partial charge in [-0.2, -0.15) is 0 Å². The molecule has 0 radical (unpaired) electrons. The summed E-state index contributed by atoms with van der Waals surface area (Å²) in [6.07, 6.45) is 2.23. The Balaban J connectivity index is 1.17. The predicted octanol–water partition coefficient (Wildman–Crippen LogP) is 4.70. The van der Waals surface area contributed by atoms with E-state index >= 15 is 0 Å². The van der Waals surface area contributed by atoms with Gasteiger partial charge in [0.2, 0.25) is 0 Å². The van der Waals surface area contributed by atoms with E-state index in [0.717, 1.165) is 50.2 Å². The Kier molecular flexibility index (Phi) is 5.19. The quantitative estimate of drug-likeness (QED) is 0.525. The van der Waals surface area contributed by atoms with E-state index in [9.17, 15) is 5.11 Å². The van der Waals surface area contributed by atoms with E-state index in [-0.39, 0.29) is 0 Å². The van der Waals surface area contributed by atoms with E-state index in [1.807, 2.05) is 18.3 Å². The molecule has 0 aliphatic carbocycles. The van der Waals surface area contributed by atoms with Crippen LogP contribution in [0.3, 0.4) is 0 Å². The molecular weight excluding hydrogens is 378 g/mol. The number of pyridine rings is 1. The van der Waals surface area contributed by atoms with E-state index in [1.165, 1.54) is 21.2 Å². The number of rotatable bonds is 5. The largest absolute Gasteiger partial charge is 0.388 e. The molecule has 4 nitrogen and oxygen atoms in total. The number of anilines is 1. The highest BCUT2D eigenvalue weighted by atomic mass is 32.1. The zero-order valence-corrected chi connectivity index (χ0v) is 17.2. The number of aliphatic hydroxyl groups is 1. The van der Waals surface area contributed by atoms with Crippen molar-refractivity contribution >= 4 is 38.0 Å². The Bertz CT molecular complexity index is 1120. The maximum Gasteiger partial charge on any atom is 0.0816 e. The van der Waals surface area contributed by atoms with E-state index in [1.54, 1.807) is 11.3 Å². The van der Waals surface area contributed by atoms with Crippen LogP contribution < -0.4 is 4.90 Å². The van der Waals surface area contributed by atoms with Crippen LogP contribution in [0.25, 0.3) is 21.0 Å². The molecule has 1 unspecified atom stereocenters. The van der Waals surface area contributed by atoms with Crippen LogP contribution in [0.4, 0.5) is 5.69 Å². The Morgan fingerprint density at radius 3 is 2.76 bits per heavy atom. The molecule has 5 heteroatoms. The van der Waals surface area contributed by atoms with Gasteiger partial charge in [-0.25, -0.2) is 0 Å². The number of aliphatic hydroxyl groups excluding tert-OH is 1. The average Bonchev–Trinajstić information content (AvgIpc) is 3.22. The minimum absolute atomic E-state index is 0.392. The van der Waals surface area contributed by atoms with Crippen molar-refractivity contribution in [1.29, 1.82) is 0 Å². The molecule has 1 saturated heterocycles. The summed E-state index contributed by atoms with van der Waals surface area (Å²) in [5.41, 5.74) is 3.40. The van der Waals surface area contributed by atoms with Gasteiger partial charge in [0.1, 0.15) is 0 Å². The molecule has 3 heterocycles. The van der Waals surface area contributed by atoms with Crippen LogP contribution in [0.15, 0.2) is 66.2 Å². The lowest BCUT2D eigenvalue weighted by atomic mass is 10.1. The van der Waals surface area contributed by atoms with Gasteiger partial charge in [0.25, 0.3) is 0 Å². The Labute approximate surface area is 175 Å². The van der Waals surface area contributed by atoms with Gasteiger partial charge in [-0.05, 0) is 53.1 Å². The molecule has 29 heavy (non-hydrogen) atoms. The van der Waals surface area contributed by atoms with Gasteiger partial charge >= 0.3 is 0 Å². The predicted molar refractivity (Wildman–Crippen MR) is 122 cm³/mol. The highest BCUT2D eigenvalue weighted by Crippen LogP contribution is 2.31. The second-order valence-electron chi connectivity index (χ2n) is 7.70. The highest BCUT2D eigenvalue weighted by molar-refractivity contribution is 7.17. The molecule has 0 saturated carbocycles. The topological polar surface area (TPSA) is 39.6 Å². The fraction of sp³-hybridized carbons (Fsp3) is 0.292. The van der Waals surface area contributed by atoms with Gasteiger partial charge in [-0.15, -0.1) is 11.3 Å². The van der Waals surface area contributed by atoms with Crippen LogP contribution in [0.5, 0.6) is 0 Å². The van der Waals surface area contributed by atoms with Crippen LogP contribution in [0, 0.1) is 0 Å². The number of benzene rings is 2. The molecule has 4 aromatic rings. The third kappa shape index (κ3) is 3.86. The highest BCUT2D eigenvalue weighted by Gasteiger charge is 2.19. The first kappa shape index (κ1) is 18.6. The van der Waals surface area contributed by atoms with Crippen molar-refractivity contribution in [3.8, 4) is 0 Å². The van der Waals surface area contributed by atoms with Crippen molar-refractivity contribution in [2.75, 3.05) is 37.6 Å². The number of fused-ring (bicyclic) bond motifs is 2. The van der Waals surface area contributed by atoms with Gasteiger partial charge < -0.3 is 10.0 Å². The van der Waals surface area contributed by atoms with Crippen LogP contribution in [-0.4, -0.2) is 47.7 Å². The molecule has 2 aromatic carbocycles. The van der Waals surface area contributed by atoms with Crippen molar-refractivity contribution in [1.82, 2.24) is 9.88 Å². The summed E-state index contributed by atoms with van der Waals surface area (Å²) in [7, 11) is 0. The summed E-state index contributed by atoms with van der Waals surface area (Å²) in [5, 5.41) is 15.2. The second-order valence-corrected chi connectivity index (χ2v) is 8.61. The summed E-state index contributed by atoms with van der Waals surface area (Å²) in [5.74, 6) is 0. The fourth-order valence-electron chi connectivity index (χ4n) is 4.21. The Morgan fingerprint density at radius 2 is 1.86 bits per heavy atom. The average molecular weight is 404 g/mol. The van der Waals surface area contributed by atoms with Gasteiger partial charge in [-0.3, -0.25) is 9.88 Å². The lowest BCUT2D eigenvalue weighted by Crippen LogP contribution is -2.46. The number of piperazine rings is 1. The van der Waals surface area contributed by atoms with Gasteiger partial charge in [0.15, 0.2) is 0 Å². The lowest BCUT2D eigenvalue weighted by molar-refractivity contribution is 0.141. The zero-order chi connectivity index (χ0) is 19.6. The van der Waals surface area contributed by atoms with Crippen LogP contribution >= 0.6 is 11.3 Å². The summed E-state index contributed by atoms with van der Waals surface area (Å²) >= 11 is 1.72. The van der Waals surface area contributed by atoms with Crippen molar-refractivity contribution in [2.45, 2.75) is 12.5 Å². The number of aromatic nitrogens is 1. The van der Waals surface area contributed by atoms with Crippen molar-refractivity contribution < 1.29 is 5.11 Å². The third-order valence-corrected chi connectivity index (χ3v) is 6.89. The molecule has 1 fully saturated rings. The standard InChI is InChI=1S/C24H25N3OS/c28-23(21-17-29-24-6-2-1-5-20(21)24)9-11-26-12-14-27(15-13-26)19-7-8-22-18(16-19)4-3-10-25-22/h1-8,10,16-17,23,28H,9,11-15H2. The molecule has 1 atom stereocenters. The third-order valence-electron chi connectivity index (χ3n) is 5.91. The van der Waals surface area contributed by atoms with Gasteiger partial charge in [0.05, 0.1) is 11.6 Å². The summed E-state index contributed by atoms with van der Waals surface area (Å²) in [6.45, 7) is 5.03. The SMILES string of the molecule is OC(CCN1CCN(c2ccc3ncccc3c2)CC1)c1csc2ccccc12. The molecule has 1 N–H and O–H groups in total. The molecule has 148 valence electrons. The molecule has 5 rings (SSSR count). The minimum Gasteiger partial charge on any atom is -0.388 e. The maximum absolute atomic E-state index is 10.7. The van der Waals surface area contributed by atoms with Crippen LogP contribution in [0.1, 0.15) is 18.1 Å². The number of hydrogen-bond acceptors (Lipinski definition) is 5. The lowest BCUT2D eigenvalue weighted by Gasteiger charge is -2.36. The molecule has 2 aromatic heterocycles. The minimum atomic E-state index is -0.392. The van der Waals surface area contributed by atoms with E-state index in [4.69, 9.17) is 0 Å². The maximum atomic E-state index is 10.7. The molecule has 0 bridgehead atoms. The Morgan fingerprint density at radius 1 is 1.00 bits per heavy atom. The van der Waals surface area contributed by atoms with E-state index in [2.05, 4.69) is 62.6 Å². The summed E-state index contributed by atoms with van der Waals surface area (Å²) in [6, 6.07) is 19.0. The van der Waals surface area contributed by atoms with Gasteiger partial charge in [-0.1, -0.05) is 24.3 Å². The van der Waals surface area contributed by atoms with E-state index < -0.39 is 6.10 Å². The normalized spacial score (nSPS) is 16.5. The van der Waals surface area contributed by atoms with Crippen LogP contribution in [-0.2, 0) is 0 Å². The molecular formula is C24H25N3OS. The fourth-order valence-corrected chi connectivity index (χ4v) is 5.21. The Hall–Kier alpha value is -2.47. The zero-order valence-electron chi connectivity index (χ0n) is 16.4. The number of hydrogen-bond donors (Lipinski definition) is 1. The van der Waals surface area contributed by atoms with Crippen molar-refractivity contribution in [3.63, 3.8) is 0 Å². The molecule has 1 aliphatic rings. The van der Waals surface area contributed by atoms with Crippen molar-refractivity contribution in [3.05, 3.63) is 71.7 Å². The molecule has 0 spiro atoms. The monoisotopic (exact) mass is 403 g/mol. The summed E-state index contributed by atoms with van der Waals surface area (Å²) < 4.78 is 1.25. The smallest absolute Gasteiger partial charge is 0.0816 e. The first-order valence-corrected chi connectivity index (χ1v) is 11.1. The first-order chi connectivity index (χ1) is 14.3. The van der Waals surface area contributed by atoms with Crippen LogP contribution in [0.2, 0.25) is 0 Å². The second kappa shape index (κ2) is 8.11. The number of thiophene rings is 1. The van der Waals surface area contributed by atoms with E-state index in [0.29, 0.717) is 0 Å². The van der Waals surface area contributed by atoms with Crippen molar-refractivity contribution in [2.24, 2.45) is 0 Å². The molecule has 1 aliphatic heterocycles. The van der Waals surface area contributed by atoms with Gasteiger partial charge in [0, 0.05) is 54.7 Å².